The van der Waals surface area contributed by atoms with Crippen molar-refractivity contribution in [1.29, 1.82) is 5.26 Å². The van der Waals surface area contributed by atoms with Crippen LogP contribution in [0.4, 0.5) is 11.6 Å². The van der Waals surface area contributed by atoms with Crippen LogP contribution in [0.15, 0.2) is 0 Å². The van der Waals surface area contributed by atoms with E-state index >= 15 is 0 Å². The maximum Gasteiger partial charge on any atom is 0.240 e. The van der Waals surface area contributed by atoms with Gasteiger partial charge in [-0.05, 0) is 12.5 Å². The van der Waals surface area contributed by atoms with E-state index in [1.807, 2.05) is 0 Å². The molecule has 3 aliphatic heterocycles. The number of aromatic nitrogens is 1. The summed E-state index contributed by atoms with van der Waals surface area (Å²) in [6.07, 6.45) is 0.977. The third-order valence-corrected chi connectivity index (χ3v) is 5.85. The molecule has 0 amide bonds. The maximum absolute atomic E-state index is 9.96. The first-order valence-corrected chi connectivity index (χ1v) is 9.82. The number of nitriles is 1. The van der Waals surface area contributed by atoms with Crippen LogP contribution in [0.5, 0.6) is 0 Å². The van der Waals surface area contributed by atoms with Gasteiger partial charge in [0.25, 0.3) is 0 Å². The second-order valence-electron chi connectivity index (χ2n) is 7.25. The van der Waals surface area contributed by atoms with E-state index in [1.165, 1.54) is 16.9 Å². The Hall–Kier alpha value is -1.88. The Morgan fingerprint density at radius 2 is 1.62 bits per heavy atom. The number of morpholine rings is 2. The summed E-state index contributed by atoms with van der Waals surface area (Å²) in [7, 11) is 0. The van der Waals surface area contributed by atoms with Gasteiger partial charge in [0.05, 0.1) is 71.3 Å². The van der Waals surface area contributed by atoms with Gasteiger partial charge in [0, 0.05) is 6.42 Å². The summed E-state index contributed by atoms with van der Waals surface area (Å²) in [5, 5.41) is 9.96. The number of nitrogens with one attached hydrogen (secondary N) is 2. The van der Waals surface area contributed by atoms with Crippen molar-refractivity contribution >= 4 is 11.6 Å². The molecule has 1 aromatic rings. The van der Waals surface area contributed by atoms with Crippen LogP contribution in [0.25, 0.3) is 0 Å². The second-order valence-corrected chi connectivity index (χ2v) is 7.25. The van der Waals surface area contributed by atoms with Gasteiger partial charge < -0.3 is 14.4 Å². The Bertz CT molecular complexity index is 690. The summed E-state index contributed by atoms with van der Waals surface area (Å²) in [4.78, 5) is 9.96. The highest BCUT2D eigenvalue weighted by molar-refractivity contribution is 5.62. The summed E-state index contributed by atoms with van der Waals surface area (Å²) in [6, 6.07) is 2.52. The molecule has 0 radical (unpaired) electrons. The van der Waals surface area contributed by atoms with Crippen molar-refractivity contribution in [3.8, 4) is 6.07 Å². The number of nitrogens with zero attached hydrogens (tertiary/aromatic N) is 3. The van der Waals surface area contributed by atoms with Crippen molar-refractivity contribution in [2.24, 2.45) is 0 Å². The topological polar surface area (TPSA) is 67.3 Å². The molecule has 0 aromatic carbocycles. The van der Waals surface area contributed by atoms with Crippen LogP contribution >= 0.6 is 0 Å². The average molecular weight is 359 g/mol. The highest BCUT2D eigenvalue weighted by Gasteiger charge is 2.35. The second kappa shape index (κ2) is 7.78. The Morgan fingerprint density at radius 3 is 2.19 bits per heavy atom. The van der Waals surface area contributed by atoms with Crippen LogP contribution in [0.2, 0.25) is 0 Å². The number of hydrogen-bond donors (Lipinski definition) is 1. The van der Waals surface area contributed by atoms with E-state index in [-0.39, 0.29) is 0 Å². The summed E-state index contributed by atoms with van der Waals surface area (Å²) in [5.41, 5.74) is 3.43. The predicted octanol–water partition coefficient (Wildman–Crippen LogP) is -0.994. The fourth-order valence-corrected chi connectivity index (χ4v) is 4.30. The lowest BCUT2D eigenvalue weighted by Crippen LogP contribution is -3.11. The smallest absolute Gasteiger partial charge is 0.240 e. The molecular weight excluding hydrogens is 330 g/mol. The standard InChI is InChI=1S/C19H27N5O2/c1-2-22-4-3-15-16(13-20)18(23-5-9-25-10-6-23)21-19(17(15)14-22)24-7-11-26-12-8-24/h2-12,14H2,1H3/p+2. The van der Waals surface area contributed by atoms with Crippen molar-refractivity contribution in [1.82, 2.24) is 0 Å². The van der Waals surface area contributed by atoms with Crippen molar-refractivity contribution < 1.29 is 19.4 Å². The van der Waals surface area contributed by atoms with E-state index in [0.717, 1.165) is 90.0 Å². The number of quaternary nitrogens is 1. The fourth-order valence-electron chi connectivity index (χ4n) is 4.30. The van der Waals surface area contributed by atoms with Gasteiger partial charge in [-0.1, -0.05) is 0 Å². The molecule has 1 atom stereocenters. The normalized spacial score (nSPS) is 23.5. The van der Waals surface area contributed by atoms with Crippen molar-refractivity contribution in [2.75, 3.05) is 75.5 Å². The van der Waals surface area contributed by atoms with Crippen LogP contribution in [-0.2, 0) is 22.4 Å². The minimum absolute atomic E-state index is 0.719. The quantitative estimate of drug-likeness (QED) is 0.750. The summed E-state index contributed by atoms with van der Waals surface area (Å²) in [5.74, 6) is 2.19. The Kier molecular flexibility index (Phi) is 5.25. The predicted molar refractivity (Wildman–Crippen MR) is 97.6 cm³/mol. The van der Waals surface area contributed by atoms with Crippen molar-refractivity contribution in [3.63, 3.8) is 0 Å². The summed E-state index contributed by atoms with van der Waals surface area (Å²) < 4.78 is 11.1. The van der Waals surface area contributed by atoms with Crippen LogP contribution in [0, 0.1) is 11.3 Å². The Balaban J connectivity index is 1.81. The van der Waals surface area contributed by atoms with E-state index in [9.17, 15) is 5.26 Å². The molecule has 0 spiro atoms. The average Bonchev–Trinajstić information content (AvgIpc) is 2.73. The first kappa shape index (κ1) is 17.5. The molecule has 0 saturated carbocycles. The summed E-state index contributed by atoms with van der Waals surface area (Å²) >= 11 is 0. The number of anilines is 2. The fraction of sp³-hybridized carbons (Fsp3) is 0.684. The number of fused-ring (bicyclic) bond motifs is 1. The molecule has 1 aromatic heterocycles. The molecule has 4 rings (SSSR count). The molecule has 2 fully saturated rings. The molecule has 3 aliphatic rings. The minimum Gasteiger partial charge on any atom is -0.375 e. The molecule has 0 bridgehead atoms. The lowest BCUT2D eigenvalue weighted by atomic mass is 9.95. The zero-order valence-electron chi connectivity index (χ0n) is 15.6. The van der Waals surface area contributed by atoms with E-state index in [0.29, 0.717) is 0 Å². The number of hydrogen-bond acceptors (Lipinski definition) is 5. The van der Waals surface area contributed by atoms with Crippen molar-refractivity contribution in [3.05, 3.63) is 16.7 Å². The van der Waals surface area contributed by atoms with Crippen LogP contribution in [0.1, 0.15) is 23.6 Å². The number of rotatable bonds is 3. The first-order chi connectivity index (χ1) is 12.8. The molecule has 7 nitrogen and oxygen atoms in total. The SMILES string of the molecule is CC[NH+]1CCc2c(C#N)c(N3CCOCC3)[nH+]c(N3CCOCC3)c2C1. The van der Waals surface area contributed by atoms with Crippen molar-refractivity contribution in [2.45, 2.75) is 19.9 Å². The Labute approximate surface area is 155 Å². The molecular formula is C19H29N5O2+2. The number of H-pyrrole nitrogens is 1. The number of pyridine rings is 1. The van der Waals surface area contributed by atoms with Gasteiger partial charge in [-0.2, -0.15) is 5.26 Å². The third kappa shape index (κ3) is 3.25. The van der Waals surface area contributed by atoms with E-state index < -0.39 is 0 Å². The van der Waals surface area contributed by atoms with Gasteiger partial charge in [0.1, 0.15) is 18.2 Å². The molecule has 2 saturated heterocycles. The zero-order chi connectivity index (χ0) is 17.9. The Morgan fingerprint density at radius 1 is 1.00 bits per heavy atom. The molecule has 0 aliphatic carbocycles. The van der Waals surface area contributed by atoms with Crippen LogP contribution < -0.4 is 19.7 Å². The van der Waals surface area contributed by atoms with Gasteiger partial charge in [-0.15, -0.1) is 0 Å². The number of ether oxygens (including phenoxy) is 2. The van der Waals surface area contributed by atoms with Gasteiger partial charge >= 0.3 is 0 Å². The zero-order valence-corrected chi connectivity index (χ0v) is 15.6. The summed E-state index contributed by atoms with van der Waals surface area (Å²) in [6.45, 7) is 11.9. The van der Waals surface area contributed by atoms with Gasteiger partial charge in [-0.3, -0.25) is 9.80 Å². The highest BCUT2D eigenvalue weighted by Crippen LogP contribution is 2.30. The highest BCUT2D eigenvalue weighted by atomic mass is 16.5. The van der Waals surface area contributed by atoms with E-state index in [1.54, 1.807) is 4.90 Å². The number of likely N-dealkylation sites (N-methyl/N-ethyl adjacent to an activating group) is 1. The van der Waals surface area contributed by atoms with Crippen LogP contribution in [0.3, 0.4) is 0 Å². The maximum atomic E-state index is 9.96. The van der Waals surface area contributed by atoms with Gasteiger partial charge in [0.2, 0.25) is 11.6 Å². The molecule has 2 N–H and O–H groups in total. The molecule has 7 heteroatoms. The molecule has 4 heterocycles. The third-order valence-electron chi connectivity index (χ3n) is 5.85. The molecule has 1 unspecified atom stereocenters. The monoisotopic (exact) mass is 359 g/mol. The van der Waals surface area contributed by atoms with E-state index in [4.69, 9.17) is 9.47 Å². The van der Waals surface area contributed by atoms with Gasteiger partial charge in [-0.25, -0.2) is 4.98 Å². The van der Waals surface area contributed by atoms with E-state index in [2.05, 4.69) is 27.8 Å². The largest absolute Gasteiger partial charge is 0.375 e. The molecule has 26 heavy (non-hydrogen) atoms. The van der Waals surface area contributed by atoms with Gasteiger partial charge in [0.15, 0.2) is 0 Å². The minimum atomic E-state index is 0.719. The number of aromatic amines is 1. The molecule has 140 valence electrons. The first-order valence-electron chi connectivity index (χ1n) is 9.82. The lowest BCUT2D eigenvalue weighted by molar-refractivity contribution is -0.914. The lowest BCUT2D eigenvalue weighted by Gasteiger charge is -2.32. The van der Waals surface area contributed by atoms with Crippen LogP contribution in [-0.4, -0.2) is 65.7 Å².